The molecule has 2 heterocycles. The van der Waals surface area contributed by atoms with Gasteiger partial charge in [0.1, 0.15) is 0 Å². The largest absolute Gasteiger partial charge is 0.376 e. The third-order valence-corrected chi connectivity index (χ3v) is 4.69. The second kappa shape index (κ2) is 6.24. The van der Waals surface area contributed by atoms with Crippen LogP contribution < -0.4 is 0 Å². The molecule has 1 aliphatic heterocycles. The molecule has 0 spiro atoms. The van der Waals surface area contributed by atoms with Crippen molar-refractivity contribution >= 4 is 11.7 Å². The summed E-state index contributed by atoms with van der Waals surface area (Å²) in [7, 11) is 1.80. The third-order valence-electron chi connectivity index (χ3n) is 4.69. The van der Waals surface area contributed by atoms with Crippen LogP contribution in [0.1, 0.15) is 64.2 Å². The van der Waals surface area contributed by atoms with E-state index in [0.29, 0.717) is 24.1 Å². The fourth-order valence-electron chi connectivity index (χ4n) is 3.53. The fraction of sp³-hybridized carbons (Fsp3) is 0.647. The van der Waals surface area contributed by atoms with Crippen LogP contribution >= 0.6 is 0 Å². The number of rotatable bonds is 3. The van der Waals surface area contributed by atoms with E-state index in [1.807, 2.05) is 6.92 Å². The van der Waals surface area contributed by atoms with E-state index < -0.39 is 0 Å². The third kappa shape index (κ3) is 2.82. The van der Waals surface area contributed by atoms with Crippen LogP contribution in [0.25, 0.3) is 0 Å². The highest BCUT2D eigenvalue weighted by Gasteiger charge is 2.30. The lowest BCUT2D eigenvalue weighted by molar-refractivity contribution is -0.000215. The summed E-state index contributed by atoms with van der Waals surface area (Å²) in [5.41, 5.74) is 2.93. The Morgan fingerprint density at radius 2 is 2.14 bits per heavy atom. The minimum atomic E-state index is -0.0700. The predicted octanol–water partition coefficient (Wildman–Crippen LogP) is 2.48. The van der Waals surface area contributed by atoms with Gasteiger partial charge in [0, 0.05) is 38.0 Å². The predicted molar refractivity (Wildman–Crippen MR) is 83.3 cm³/mol. The van der Waals surface area contributed by atoms with Gasteiger partial charge in [-0.1, -0.05) is 0 Å². The molecule has 5 nitrogen and oxygen atoms in total. The zero-order chi connectivity index (χ0) is 15.7. The van der Waals surface area contributed by atoms with Crippen LogP contribution in [0.3, 0.4) is 0 Å². The Morgan fingerprint density at radius 1 is 1.32 bits per heavy atom. The summed E-state index contributed by atoms with van der Waals surface area (Å²) in [6, 6.07) is 0. The van der Waals surface area contributed by atoms with Crippen LogP contribution in [0.4, 0.5) is 0 Å². The van der Waals surface area contributed by atoms with Crippen LogP contribution in [-0.2, 0) is 11.2 Å². The number of ether oxygens (including phenoxy) is 1. The number of carbonyl (C=O) groups excluding carboxylic acids is 2. The van der Waals surface area contributed by atoms with Gasteiger partial charge in [0.05, 0.1) is 17.2 Å². The molecular formula is C17H24N2O3. The molecule has 1 atom stereocenters. The van der Waals surface area contributed by atoms with Gasteiger partial charge in [-0.15, -0.1) is 0 Å². The van der Waals surface area contributed by atoms with Crippen LogP contribution in [-0.4, -0.2) is 47.9 Å². The van der Waals surface area contributed by atoms with Crippen molar-refractivity contribution in [2.45, 2.75) is 51.6 Å². The number of hydrogen-bond donors (Lipinski definition) is 1. The lowest BCUT2D eigenvalue weighted by Gasteiger charge is -2.27. The Morgan fingerprint density at radius 3 is 2.86 bits per heavy atom. The number of nitrogens with zero attached hydrogens (tertiary/aromatic N) is 1. The number of fused-ring (bicyclic) bond motifs is 1. The lowest BCUT2D eigenvalue weighted by Crippen LogP contribution is -2.37. The van der Waals surface area contributed by atoms with E-state index in [0.717, 1.165) is 50.1 Å². The van der Waals surface area contributed by atoms with E-state index >= 15 is 0 Å². The van der Waals surface area contributed by atoms with Crippen molar-refractivity contribution in [1.82, 2.24) is 9.88 Å². The number of nitrogens with one attached hydrogen (secondary N) is 1. The van der Waals surface area contributed by atoms with E-state index in [2.05, 4.69) is 4.98 Å². The second-order valence-electron chi connectivity index (χ2n) is 6.43. The highest BCUT2D eigenvalue weighted by Crippen LogP contribution is 2.28. The number of aryl methyl sites for hydroxylation is 2. The molecule has 2 aliphatic rings. The maximum atomic E-state index is 12.8. The summed E-state index contributed by atoms with van der Waals surface area (Å²) >= 11 is 0. The molecule has 1 aromatic heterocycles. The molecule has 5 heteroatoms. The van der Waals surface area contributed by atoms with Crippen molar-refractivity contribution in [3.8, 4) is 0 Å². The van der Waals surface area contributed by atoms with Gasteiger partial charge in [0.25, 0.3) is 5.91 Å². The van der Waals surface area contributed by atoms with Crippen LogP contribution in [0.15, 0.2) is 0 Å². The number of amides is 1. The first-order valence-electron chi connectivity index (χ1n) is 8.19. The first-order chi connectivity index (χ1) is 10.6. The smallest absolute Gasteiger partial charge is 0.256 e. The first kappa shape index (κ1) is 15.3. The molecule has 1 aliphatic carbocycles. The maximum Gasteiger partial charge on any atom is 0.256 e. The van der Waals surface area contributed by atoms with Gasteiger partial charge in [0.15, 0.2) is 5.78 Å². The molecule has 0 bridgehead atoms. The summed E-state index contributed by atoms with van der Waals surface area (Å²) < 4.78 is 5.71. The van der Waals surface area contributed by atoms with Gasteiger partial charge in [-0.3, -0.25) is 9.59 Å². The summed E-state index contributed by atoms with van der Waals surface area (Å²) in [4.78, 5) is 30.0. The Kier molecular flexibility index (Phi) is 4.34. The van der Waals surface area contributed by atoms with Crippen LogP contribution in [0, 0.1) is 6.92 Å². The van der Waals surface area contributed by atoms with E-state index in [-0.39, 0.29) is 17.8 Å². The SMILES string of the molecule is Cc1[nH]c2c(c1C(=O)N(C)C[C@H]1CCCCO1)C(=O)CCC2. The second-order valence-corrected chi connectivity index (χ2v) is 6.43. The molecule has 3 rings (SSSR count). The zero-order valence-corrected chi connectivity index (χ0v) is 13.4. The van der Waals surface area contributed by atoms with E-state index in [9.17, 15) is 9.59 Å². The topological polar surface area (TPSA) is 62.4 Å². The molecular weight excluding hydrogens is 280 g/mol. The highest BCUT2D eigenvalue weighted by atomic mass is 16.5. The molecule has 1 amide bonds. The normalized spacial score (nSPS) is 21.5. The molecule has 1 N–H and O–H groups in total. The molecule has 120 valence electrons. The molecule has 0 radical (unpaired) electrons. The van der Waals surface area contributed by atoms with Crippen molar-refractivity contribution in [3.05, 3.63) is 22.5 Å². The van der Waals surface area contributed by atoms with Crippen LogP contribution in [0.2, 0.25) is 0 Å². The molecule has 1 aromatic rings. The first-order valence-corrected chi connectivity index (χ1v) is 8.19. The zero-order valence-electron chi connectivity index (χ0n) is 13.4. The Hall–Kier alpha value is -1.62. The minimum absolute atomic E-state index is 0.0700. The molecule has 0 unspecified atom stereocenters. The van der Waals surface area contributed by atoms with Gasteiger partial charge >= 0.3 is 0 Å². The van der Waals surface area contributed by atoms with E-state index in [1.54, 1.807) is 11.9 Å². The van der Waals surface area contributed by atoms with Crippen LogP contribution in [0.5, 0.6) is 0 Å². The van der Waals surface area contributed by atoms with Crippen molar-refractivity contribution in [2.75, 3.05) is 20.2 Å². The Labute approximate surface area is 131 Å². The number of aromatic amines is 1. The standard InChI is InChI=1S/C17H24N2O3/c1-11-15(16-13(18-11)7-5-8-14(16)20)17(21)19(2)10-12-6-3-4-9-22-12/h12,18H,3-10H2,1-2H3/t12-/m1/s1. The van der Waals surface area contributed by atoms with Gasteiger partial charge in [0.2, 0.25) is 0 Å². The fourth-order valence-corrected chi connectivity index (χ4v) is 3.53. The summed E-state index contributed by atoms with van der Waals surface area (Å²) in [6.07, 6.45) is 5.64. The number of H-pyrrole nitrogens is 1. The molecule has 0 aromatic carbocycles. The molecule has 1 fully saturated rings. The summed E-state index contributed by atoms with van der Waals surface area (Å²) in [6.45, 7) is 3.25. The summed E-state index contributed by atoms with van der Waals surface area (Å²) in [5, 5.41) is 0. The van der Waals surface area contributed by atoms with E-state index in [4.69, 9.17) is 4.74 Å². The molecule has 22 heavy (non-hydrogen) atoms. The number of aromatic nitrogens is 1. The average molecular weight is 304 g/mol. The number of hydrogen-bond acceptors (Lipinski definition) is 3. The summed E-state index contributed by atoms with van der Waals surface area (Å²) in [5.74, 6) is 0.0238. The maximum absolute atomic E-state index is 12.8. The molecule has 0 saturated carbocycles. The van der Waals surface area contributed by atoms with Gasteiger partial charge in [-0.2, -0.15) is 0 Å². The highest BCUT2D eigenvalue weighted by molar-refractivity contribution is 6.10. The van der Waals surface area contributed by atoms with Crippen molar-refractivity contribution < 1.29 is 14.3 Å². The quantitative estimate of drug-likeness (QED) is 0.933. The Balaban J connectivity index is 1.79. The number of ketones is 1. The molecule has 1 saturated heterocycles. The minimum Gasteiger partial charge on any atom is -0.376 e. The Bertz CT molecular complexity index is 585. The van der Waals surface area contributed by atoms with Gasteiger partial charge in [-0.25, -0.2) is 0 Å². The number of carbonyl (C=O) groups is 2. The average Bonchev–Trinajstić information content (AvgIpc) is 2.85. The van der Waals surface area contributed by atoms with Crippen molar-refractivity contribution in [3.63, 3.8) is 0 Å². The van der Waals surface area contributed by atoms with Crippen molar-refractivity contribution in [1.29, 1.82) is 0 Å². The van der Waals surface area contributed by atoms with Gasteiger partial charge < -0.3 is 14.6 Å². The van der Waals surface area contributed by atoms with Gasteiger partial charge in [-0.05, 0) is 39.0 Å². The van der Waals surface area contributed by atoms with Crippen molar-refractivity contribution in [2.24, 2.45) is 0 Å². The number of Topliss-reactive ketones (excluding diaryl/α,β-unsaturated/α-hetero) is 1. The lowest BCUT2D eigenvalue weighted by atomic mass is 9.92. The monoisotopic (exact) mass is 304 g/mol. The number of likely N-dealkylation sites (N-methyl/N-ethyl adjacent to an activating group) is 1. The van der Waals surface area contributed by atoms with E-state index in [1.165, 1.54) is 0 Å².